The molecule has 158 valence electrons. The number of benzene rings is 2. The highest BCUT2D eigenvalue weighted by Gasteiger charge is 2.33. The third kappa shape index (κ3) is 5.60. The van der Waals surface area contributed by atoms with Gasteiger partial charge in [0.05, 0.1) is 5.56 Å². The molecule has 2 aromatic carbocycles. The zero-order valence-electron chi connectivity index (χ0n) is 16.6. The van der Waals surface area contributed by atoms with Gasteiger partial charge in [-0.1, -0.05) is 51.1 Å². The van der Waals surface area contributed by atoms with Crippen LogP contribution in [-0.2, 0) is 18.2 Å². The Hall–Kier alpha value is -2.87. The van der Waals surface area contributed by atoms with E-state index in [1.54, 1.807) is 0 Å². The first-order valence-electron chi connectivity index (χ1n) is 9.09. The Bertz CT molecular complexity index is 1020. The van der Waals surface area contributed by atoms with E-state index in [-0.39, 0.29) is 34.8 Å². The van der Waals surface area contributed by atoms with E-state index >= 15 is 0 Å². The molecule has 5 nitrogen and oxygen atoms in total. The van der Waals surface area contributed by atoms with E-state index in [0.29, 0.717) is 0 Å². The van der Waals surface area contributed by atoms with Gasteiger partial charge in [0.2, 0.25) is 11.2 Å². The van der Waals surface area contributed by atoms with Crippen LogP contribution in [0.2, 0.25) is 5.28 Å². The molecular formula is C21H20ClF3N4O. The van der Waals surface area contributed by atoms with E-state index in [2.05, 4.69) is 41.0 Å². The summed E-state index contributed by atoms with van der Waals surface area (Å²) in [7, 11) is 0. The van der Waals surface area contributed by atoms with Crippen LogP contribution in [0.5, 0.6) is 6.01 Å². The number of alkyl halides is 3. The summed E-state index contributed by atoms with van der Waals surface area (Å²) >= 11 is 5.92. The Morgan fingerprint density at radius 2 is 1.60 bits per heavy atom. The SMILES string of the molecule is CC(C)(C)c1ccc(Nc2nc(Cl)nc(OCc3ccccc3C(F)(F)F)n2)cc1. The van der Waals surface area contributed by atoms with E-state index in [1.165, 1.54) is 18.2 Å². The van der Waals surface area contributed by atoms with Crippen molar-refractivity contribution >= 4 is 23.2 Å². The van der Waals surface area contributed by atoms with Crippen molar-refractivity contribution in [2.75, 3.05) is 5.32 Å². The van der Waals surface area contributed by atoms with Crippen molar-refractivity contribution in [3.8, 4) is 6.01 Å². The van der Waals surface area contributed by atoms with E-state index in [4.69, 9.17) is 16.3 Å². The van der Waals surface area contributed by atoms with Crippen LogP contribution >= 0.6 is 11.6 Å². The van der Waals surface area contributed by atoms with Gasteiger partial charge in [-0.3, -0.25) is 0 Å². The number of anilines is 2. The number of hydrogen-bond acceptors (Lipinski definition) is 5. The van der Waals surface area contributed by atoms with Gasteiger partial charge in [0.15, 0.2) is 0 Å². The average molecular weight is 437 g/mol. The van der Waals surface area contributed by atoms with Crippen LogP contribution in [0.3, 0.4) is 0 Å². The number of hydrogen-bond donors (Lipinski definition) is 1. The molecule has 1 N–H and O–H groups in total. The number of ether oxygens (including phenoxy) is 1. The van der Waals surface area contributed by atoms with Crippen LogP contribution in [0, 0.1) is 0 Å². The second-order valence-electron chi connectivity index (χ2n) is 7.61. The second kappa shape index (κ2) is 8.47. The second-order valence-corrected chi connectivity index (χ2v) is 7.94. The van der Waals surface area contributed by atoms with Gasteiger partial charge in [-0.05, 0) is 40.8 Å². The third-order valence-corrected chi connectivity index (χ3v) is 4.44. The third-order valence-electron chi connectivity index (χ3n) is 4.27. The molecule has 0 aliphatic rings. The molecule has 9 heteroatoms. The highest BCUT2D eigenvalue weighted by Crippen LogP contribution is 2.32. The van der Waals surface area contributed by atoms with Crippen LogP contribution < -0.4 is 10.1 Å². The number of aromatic nitrogens is 3. The molecular weight excluding hydrogens is 417 g/mol. The molecule has 0 aliphatic carbocycles. The largest absolute Gasteiger partial charge is 0.458 e. The van der Waals surface area contributed by atoms with Crippen LogP contribution in [0.25, 0.3) is 0 Å². The lowest BCUT2D eigenvalue weighted by molar-refractivity contribution is -0.138. The summed E-state index contributed by atoms with van der Waals surface area (Å²) in [6.45, 7) is 5.97. The zero-order chi connectivity index (χ0) is 21.9. The highest BCUT2D eigenvalue weighted by molar-refractivity contribution is 6.28. The molecule has 1 heterocycles. The van der Waals surface area contributed by atoms with Crippen molar-refractivity contribution < 1.29 is 17.9 Å². The smallest absolute Gasteiger partial charge is 0.416 e. The van der Waals surface area contributed by atoms with E-state index < -0.39 is 11.7 Å². The van der Waals surface area contributed by atoms with Gasteiger partial charge in [0.1, 0.15) is 6.61 Å². The molecule has 3 rings (SSSR count). The first-order chi connectivity index (χ1) is 14.0. The van der Waals surface area contributed by atoms with Gasteiger partial charge >= 0.3 is 12.2 Å². The molecule has 0 unspecified atom stereocenters. The van der Waals surface area contributed by atoms with E-state index in [9.17, 15) is 13.2 Å². The average Bonchev–Trinajstić information content (AvgIpc) is 2.65. The Balaban J connectivity index is 1.75. The maximum atomic E-state index is 13.1. The lowest BCUT2D eigenvalue weighted by Crippen LogP contribution is -2.12. The lowest BCUT2D eigenvalue weighted by atomic mass is 9.87. The van der Waals surface area contributed by atoms with Gasteiger partial charge in [0, 0.05) is 11.3 Å². The van der Waals surface area contributed by atoms with Gasteiger partial charge in [-0.25, -0.2) is 0 Å². The molecule has 0 spiro atoms. The number of rotatable bonds is 5. The van der Waals surface area contributed by atoms with Crippen LogP contribution in [0.1, 0.15) is 37.5 Å². The highest BCUT2D eigenvalue weighted by atomic mass is 35.5. The van der Waals surface area contributed by atoms with E-state index in [1.807, 2.05) is 24.3 Å². The summed E-state index contributed by atoms with van der Waals surface area (Å²) in [5.41, 5.74) is 1.09. The molecule has 0 fully saturated rings. The number of halogens is 4. The normalized spacial score (nSPS) is 12.0. The molecule has 0 atom stereocenters. The van der Waals surface area contributed by atoms with Crippen LogP contribution in [0.4, 0.5) is 24.8 Å². The number of nitrogens with one attached hydrogen (secondary N) is 1. The quantitative estimate of drug-likeness (QED) is 0.518. The maximum Gasteiger partial charge on any atom is 0.416 e. The molecule has 0 amide bonds. The van der Waals surface area contributed by atoms with Crippen molar-refractivity contribution in [3.05, 3.63) is 70.5 Å². The van der Waals surface area contributed by atoms with Crippen LogP contribution in [0.15, 0.2) is 48.5 Å². The summed E-state index contributed by atoms with van der Waals surface area (Å²) in [6, 6.07) is 12.7. The first-order valence-corrected chi connectivity index (χ1v) is 9.47. The van der Waals surface area contributed by atoms with Gasteiger partial charge in [0.25, 0.3) is 0 Å². The summed E-state index contributed by atoms with van der Waals surface area (Å²) in [6.07, 6.45) is -4.48. The Kier molecular flexibility index (Phi) is 6.17. The van der Waals surface area contributed by atoms with Crippen LogP contribution in [-0.4, -0.2) is 15.0 Å². The minimum atomic E-state index is -4.48. The molecule has 1 aromatic heterocycles. The predicted octanol–water partition coefficient (Wildman–Crippen LogP) is 6.16. The molecule has 0 saturated heterocycles. The standard InChI is InChI=1S/C21H20ClF3N4O/c1-20(2,3)14-8-10-15(11-9-14)26-18-27-17(22)28-19(29-18)30-12-13-6-4-5-7-16(13)21(23,24)25/h4-11H,12H2,1-3H3,(H,26,27,28,29). The van der Waals surface area contributed by atoms with Crippen molar-refractivity contribution in [2.24, 2.45) is 0 Å². The summed E-state index contributed by atoms with van der Waals surface area (Å²) in [5, 5.41) is 2.85. The van der Waals surface area contributed by atoms with Gasteiger partial charge < -0.3 is 10.1 Å². The fourth-order valence-electron chi connectivity index (χ4n) is 2.70. The fraction of sp³-hybridized carbons (Fsp3) is 0.286. The maximum absolute atomic E-state index is 13.1. The predicted molar refractivity (Wildman–Crippen MR) is 109 cm³/mol. The molecule has 0 bridgehead atoms. The summed E-state index contributed by atoms with van der Waals surface area (Å²) in [5.74, 6) is 0.123. The zero-order valence-corrected chi connectivity index (χ0v) is 17.3. The Morgan fingerprint density at radius 1 is 0.933 bits per heavy atom. The molecule has 0 saturated carbocycles. The molecule has 3 aromatic rings. The van der Waals surface area contributed by atoms with Gasteiger partial charge in [-0.15, -0.1) is 0 Å². The molecule has 30 heavy (non-hydrogen) atoms. The Morgan fingerprint density at radius 3 is 2.23 bits per heavy atom. The first kappa shape index (κ1) is 21.8. The molecule has 0 radical (unpaired) electrons. The van der Waals surface area contributed by atoms with Crippen molar-refractivity contribution in [3.63, 3.8) is 0 Å². The lowest BCUT2D eigenvalue weighted by Gasteiger charge is -2.19. The summed E-state index contributed by atoms with van der Waals surface area (Å²) < 4.78 is 44.7. The monoisotopic (exact) mass is 436 g/mol. The fourth-order valence-corrected chi connectivity index (χ4v) is 2.85. The van der Waals surface area contributed by atoms with Crippen molar-refractivity contribution in [1.29, 1.82) is 0 Å². The van der Waals surface area contributed by atoms with E-state index in [0.717, 1.165) is 17.3 Å². The summed E-state index contributed by atoms with van der Waals surface area (Å²) in [4.78, 5) is 11.9. The molecule has 0 aliphatic heterocycles. The number of nitrogens with zero attached hydrogens (tertiary/aromatic N) is 3. The topological polar surface area (TPSA) is 59.9 Å². The van der Waals surface area contributed by atoms with Gasteiger partial charge in [-0.2, -0.15) is 28.1 Å². The van der Waals surface area contributed by atoms with Crippen molar-refractivity contribution in [2.45, 2.75) is 39.0 Å². The minimum Gasteiger partial charge on any atom is -0.458 e. The van der Waals surface area contributed by atoms with Crippen molar-refractivity contribution in [1.82, 2.24) is 15.0 Å². The Labute approximate surface area is 177 Å². The minimum absolute atomic E-state index is 0.0166.